The Labute approximate surface area is 182 Å². The molecule has 3 aromatic rings. The average Bonchev–Trinajstić information content (AvgIpc) is 3.19. The lowest BCUT2D eigenvalue weighted by molar-refractivity contribution is -0.117. The van der Waals surface area contributed by atoms with E-state index in [1.165, 1.54) is 6.07 Å². The summed E-state index contributed by atoms with van der Waals surface area (Å²) in [6.45, 7) is 2.93. The summed E-state index contributed by atoms with van der Waals surface area (Å²) < 4.78 is 34.0. The van der Waals surface area contributed by atoms with Crippen LogP contribution in [0, 0.1) is 6.92 Å². The largest absolute Gasteiger partial charge is 0.489 e. The van der Waals surface area contributed by atoms with Crippen LogP contribution in [-0.2, 0) is 21.4 Å². The highest BCUT2D eigenvalue weighted by Gasteiger charge is 2.24. The molecule has 4 rings (SSSR count). The van der Waals surface area contributed by atoms with Gasteiger partial charge in [0.05, 0.1) is 4.90 Å². The van der Waals surface area contributed by atoms with Crippen LogP contribution in [0.25, 0.3) is 0 Å². The molecule has 7 heteroatoms. The van der Waals surface area contributed by atoms with E-state index in [0.717, 1.165) is 23.2 Å². The quantitative estimate of drug-likeness (QED) is 0.592. The first kappa shape index (κ1) is 20.9. The van der Waals surface area contributed by atoms with E-state index in [0.29, 0.717) is 31.0 Å². The van der Waals surface area contributed by atoms with Gasteiger partial charge in [0.15, 0.2) is 0 Å². The summed E-state index contributed by atoms with van der Waals surface area (Å²) in [5, 5.41) is 0. The number of rotatable bonds is 7. The van der Waals surface area contributed by atoms with Crippen LogP contribution in [0.4, 0.5) is 11.4 Å². The van der Waals surface area contributed by atoms with E-state index < -0.39 is 10.0 Å². The first-order valence-electron chi connectivity index (χ1n) is 10.1. The predicted molar refractivity (Wildman–Crippen MR) is 121 cm³/mol. The van der Waals surface area contributed by atoms with E-state index in [4.69, 9.17) is 4.74 Å². The Morgan fingerprint density at radius 2 is 1.74 bits per heavy atom. The number of anilines is 2. The van der Waals surface area contributed by atoms with Gasteiger partial charge in [-0.1, -0.05) is 30.3 Å². The monoisotopic (exact) mass is 436 g/mol. The van der Waals surface area contributed by atoms with Crippen LogP contribution in [0.15, 0.2) is 77.7 Å². The topological polar surface area (TPSA) is 75.7 Å². The summed E-state index contributed by atoms with van der Waals surface area (Å²) in [7, 11) is -3.75. The molecule has 0 unspecified atom stereocenters. The fraction of sp³-hybridized carbons (Fsp3) is 0.208. The summed E-state index contributed by atoms with van der Waals surface area (Å²) >= 11 is 0. The molecule has 0 atom stereocenters. The zero-order valence-electron chi connectivity index (χ0n) is 17.2. The van der Waals surface area contributed by atoms with Crippen molar-refractivity contribution < 1.29 is 17.9 Å². The molecule has 1 N–H and O–H groups in total. The molecular weight excluding hydrogens is 412 g/mol. The summed E-state index contributed by atoms with van der Waals surface area (Å²) in [5.74, 6) is 0.730. The van der Waals surface area contributed by atoms with Gasteiger partial charge in [-0.3, -0.25) is 9.52 Å². The molecule has 0 saturated carbocycles. The zero-order chi connectivity index (χ0) is 21.8. The molecule has 0 aliphatic carbocycles. The van der Waals surface area contributed by atoms with Crippen LogP contribution in [0.3, 0.4) is 0 Å². The molecule has 160 valence electrons. The van der Waals surface area contributed by atoms with Gasteiger partial charge in [0.25, 0.3) is 10.0 Å². The van der Waals surface area contributed by atoms with E-state index in [2.05, 4.69) is 4.72 Å². The highest BCUT2D eigenvalue weighted by molar-refractivity contribution is 7.92. The fourth-order valence-electron chi connectivity index (χ4n) is 3.57. The van der Waals surface area contributed by atoms with Crippen molar-refractivity contribution in [3.63, 3.8) is 0 Å². The van der Waals surface area contributed by atoms with Gasteiger partial charge in [-0.05, 0) is 66.9 Å². The van der Waals surface area contributed by atoms with Crippen molar-refractivity contribution in [2.24, 2.45) is 0 Å². The molecule has 0 radical (unpaired) electrons. The van der Waals surface area contributed by atoms with Crippen LogP contribution in [0.1, 0.15) is 24.0 Å². The number of hydrogen-bond acceptors (Lipinski definition) is 4. The van der Waals surface area contributed by atoms with Gasteiger partial charge in [-0.15, -0.1) is 0 Å². The van der Waals surface area contributed by atoms with Crippen LogP contribution in [-0.4, -0.2) is 20.9 Å². The predicted octanol–water partition coefficient (Wildman–Crippen LogP) is 4.50. The van der Waals surface area contributed by atoms with Gasteiger partial charge in [-0.25, -0.2) is 8.42 Å². The average molecular weight is 437 g/mol. The number of carbonyl (C=O) groups excluding carboxylic acids is 1. The highest BCUT2D eigenvalue weighted by atomic mass is 32.2. The van der Waals surface area contributed by atoms with Gasteiger partial charge >= 0.3 is 0 Å². The third-order valence-corrected chi connectivity index (χ3v) is 6.58. The molecule has 0 bridgehead atoms. The minimum absolute atomic E-state index is 0.0754. The molecule has 3 aromatic carbocycles. The van der Waals surface area contributed by atoms with Crippen molar-refractivity contribution in [1.29, 1.82) is 0 Å². The Morgan fingerprint density at radius 1 is 1.00 bits per heavy atom. The van der Waals surface area contributed by atoms with E-state index in [1.807, 2.05) is 37.3 Å². The Morgan fingerprint density at radius 3 is 2.39 bits per heavy atom. The molecule has 1 heterocycles. The Hall–Kier alpha value is -3.32. The van der Waals surface area contributed by atoms with Crippen molar-refractivity contribution in [2.75, 3.05) is 16.2 Å². The van der Waals surface area contributed by atoms with Crippen LogP contribution in [0.5, 0.6) is 5.75 Å². The second-order valence-electron chi connectivity index (χ2n) is 7.50. The molecule has 6 nitrogen and oxygen atoms in total. The van der Waals surface area contributed by atoms with Crippen molar-refractivity contribution in [1.82, 2.24) is 0 Å². The first-order chi connectivity index (χ1) is 14.9. The highest BCUT2D eigenvalue weighted by Crippen LogP contribution is 2.28. The maximum atomic E-state index is 12.8. The molecule has 0 aromatic heterocycles. The van der Waals surface area contributed by atoms with Gasteiger partial charge in [0, 0.05) is 24.3 Å². The molecule has 1 aliphatic heterocycles. The zero-order valence-corrected chi connectivity index (χ0v) is 18.1. The molecular formula is C24H24N2O4S. The number of aryl methyl sites for hydroxylation is 1. The molecule has 1 aliphatic rings. The van der Waals surface area contributed by atoms with Crippen molar-refractivity contribution in [3.05, 3.63) is 83.9 Å². The van der Waals surface area contributed by atoms with Crippen LogP contribution >= 0.6 is 0 Å². The Balaban J connectivity index is 1.43. The second kappa shape index (κ2) is 8.81. The van der Waals surface area contributed by atoms with Crippen molar-refractivity contribution >= 4 is 27.3 Å². The van der Waals surface area contributed by atoms with Gasteiger partial charge in [0.1, 0.15) is 12.4 Å². The van der Waals surface area contributed by atoms with E-state index in [1.54, 1.807) is 41.3 Å². The minimum atomic E-state index is -3.75. The minimum Gasteiger partial charge on any atom is -0.489 e. The van der Waals surface area contributed by atoms with Gasteiger partial charge < -0.3 is 9.64 Å². The molecule has 0 spiro atoms. The van der Waals surface area contributed by atoms with Crippen molar-refractivity contribution in [2.45, 2.75) is 31.3 Å². The summed E-state index contributed by atoms with van der Waals surface area (Å²) in [6, 6.07) is 21.5. The number of hydrogen-bond donors (Lipinski definition) is 1. The fourth-order valence-corrected chi connectivity index (χ4v) is 4.72. The van der Waals surface area contributed by atoms with Crippen molar-refractivity contribution in [3.8, 4) is 5.75 Å². The van der Waals surface area contributed by atoms with E-state index in [9.17, 15) is 13.2 Å². The number of nitrogens with zero attached hydrogens (tertiary/aromatic N) is 1. The lowest BCUT2D eigenvalue weighted by Gasteiger charge is -2.19. The lowest BCUT2D eigenvalue weighted by atomic mass is 10.2. The van der Waals surface area contributed by atoms with Gasteiger partial charge in [-0.2, -0.15) is 0 Å². The normalized spacial score (nSPS) is 14.0. The third kappa shape index (κ3) is 4.88. The number of ether oxygens (including phenoxy) is 1. The third-order valence-electron chi connectivity index (χ3n) is 5.20. The molecule has 1 fully saturated rings. The van der Waals surface area contributed by atoms with E-state index >= 15 is 0 Å². The van der Waals surface area contributed by atoms with Crippen LogP contribution < -0.4 is 14.4 Å². The number of nitrogens with one attached hydrogen (secondary N) is 1. The maximum Gasteiger partial charge on any atom is 0.261 e. The number of benzene rings is 3. The maximum absolute atomic E-state index is 12.8. The SMILES string of the molecule is Cc1cc(S(=O)(=O)Nc2ccc(OCc3ccccc3)cc2)ccc1N1CCCC1=O. The Kier molecular flexibility index (Phi) is 5.95. The summed E-state index contributed by atoms with van der Waals surface area (Å²) in [4.78, 5) is 13.9. The number of sulfonamides is 1. The summed E-state index contributed by atoms with van der Waals surface area (Å²) in [6.07, 6.45) is 1.36. The second-order valence-corrected chi connectivity index (χ2v) is 9.18. The van der Waals surface area contributed by atoms with Gasteiger partial charge in [0.2, 0.25) is 5.91 Å². The smallest absolute Gasteiger partial charge is 0.261 e. The molecule has 1 saturated heterocycles. The Bertz CT molecular complexity index is 1180. The first-order valence-corrected chi connectivity index (χ1v) is 11.6. The number of amides is 1. The molecule has 31 heavy (non-hydrogen) atoms. The van der Waals surface area contributed by atoms with E-state index in [-0.39, 0.29) is 10.8 Å². The number of carbonyl (C=O) groups is 1. The standard InChI is InChI=1S/C24H24N2O4S/c1-18-16-22(13-14-23(18)26-15-5-8-24(26)27)31(28,29)25-20-9-11-21(12-10-20)30-17-19-6-3-2-4-7-19/h2-4,6-7,9-14,16,25H,5,8,15,17H2,1H3. The van der Waals surface area contributed by atoms with Crippen LogP contribution in [0.2, 0.25) is 0 Å². The molecule has 1 amide bonds. The summed E-state index contributed by atoms with van der Waals surface area (Å²) in [5.41, 5.74) is 3.02. The lowest BCUT2D eigenvalue weighted by Crippen LogP contribution is -2.24.